The fourth-order valence-corrected chi connectivity index (χ4v) is 2.33. The average Bonchev–Trinajstić information content (AvgIpc) is 2.65. The number of hydrogen-bond acceptors (Lipinski definition) is 2. The van der Waals surface area contributed by atoms with Gasteiger partial charge in [0.1, 0.15) is 0 Å². The Balaban J connectivity index is 2.42. The minimum atomic E-state index is -0.0837. The lowest BCUT2D eigenvalue weighted by molar-refractivity contribution is -0.117. The monoisotopic (exact) mass is 268 g/mol. The van der Waals surface area contributed by atoms with Gasteiger partial charge in [0.15, 0.2) is 0 Å². The molecule has 0 aromatic heterocycles. The van der Waals surface area contributed by atoms with E-state index in [1.54, 1.807) is 12.1 Å². The summed E-state index contributed by atoms with van der Waals surface area (Å²) < 4.78 is 0. The number of rotatable bonds is 1. The molecule has 1 aliphatic heterocycles. The molecule has 1 amide bonds. The normalized spacial score (nSPS) is 19.5. The smallest absolute Gasteiger partial charge is 0.228 e. The zero-order valence-corrected chi connectivity index (χ0v) is 10.4. The Labute approximate surface area is 109 Å². The van der Waals surface area contributed by atoms with Crippen LogP contribution in [0.4, 0.5) is 11.4 Å². The Hall–Kier alpha value is -1.37. The van der Waals surface area contributed by atoms with E-state index in [2.05, 4.69) is 5.92 Å². The SMILES string of the molecule is C#CC1CC(=O)N(c2cc(Cl)cc(Cl)c2N)C1. The van der Waals surface area contributed by atoms with Crippen molar-refractivity contribution in [1.82, 2.24) is 0 Å². The van der Waals surface area contributed by atoms with Gasteiger partial charge in [0.2, 0.25) is 5.91 Å². The molecule has 17 heavy (non-hydrogen) atoms. The predicted molar refractivity (Wildman–Crippen MR) is 70.2 cm³/mol. The molecule has 5 heteroatoms. The standard InChI is InChI=1S/C12H10Cl2N2O/c1-2-7-3-11(17)16(6-7)10-5-8(13)4-9(14)12(10)15/h1,4-5,7H,3,6,15H2. The maximum Gasteiger partial charge on any atom is 0.228 e. The summed E-state index contributed by atoms with van der Waals surface area (Å²) in [5.74, 6) is 2.43. The van der Waals surface area contributed by atoms with Crippen molar-refractivity contribution in [1.29, 1.82) is 0 Å². The molecule has 1 aromatic carbocycles. The van der Waals surface area contributed by atoms with Crippen molar-refractivity contribution in [3.8, 4) is 12.3 Å². The first-order valence-corrected chi connectivity index (χ1v) is 5.79. The van der Waals surface area contributed by atoms with Gasteiger partial charge in [-0.05, 0) is 12.1 Å². The molecule has 0 aliphatic carbocycles. The van der Waals surface area contributed by atoms with Crippen molar-refractivity contribution in [2.24, 2.45) is 5.92 Å². The van der Waals surface area contributed by atoms with Gasteiger partial charge in [-0.3, -0.25) is 4.79 Å². The van der Waals surface area contributed by atoms with Crippen LogP contribution in [0.3, 0.4) is 0 Å². The molecule has 0 radical (unpaired) electrons. The second-order valence-corrected chi connectivity index (χ2v) is 4.74. The van der Waals surface area contributed by atoms with E-state index < -0.39 is 0 Å². The molecule has 0 bridgehead atoms. The number of nitrogens with two attached hydrogens (primary N) is 1. The molecular formula is C12H10Cl2N2O. The van der Waals surface area contributed by atoms with Gasteiger partial charge in [-0.15, -0.1) is 12.3 Å². The second kappa shape index (κ2) is 4.48. The highest BCUT2D eigenvalue weighted by Gasteiger charge is 2.31. The highest BCUT2D eigenvalue weighted by Crippen LogP contribution is 2.36. The number of nitrogens with zero attached hydrogens (tertiary/aromatic N) is 1. The van der Waals surface area contributed by atoms with E-state index in [-0.39, 0.29) is 11.8 Å². The summed E-state index contributed by atoms with van der Waals surface area (Å²) in [6.45, 7) is 0.455. The zero-order chi connectivity index (χ0) is 12.6. The number of carbonyl (C=O) groups excluding carboxylic acids is 1. The van der Waals surface area contributed by atoms with Gasteiger partial charge in [-0.2, -0.15) is 0 Å². The van der Waals surface area contributed by atoms with E-state index in [0.29, 0.717) is 34.4 Å². The minimum absolute atomic E-state index is 0.0574. The predicted octanol–water partition coefficient (Wildman–Crippen LogP) is 2.56. The van der Waals surface area contributed by atoms with Crippen LogP contribution in [-0.4, -0.2) is 12.5 Å². The summed E-state index contributed by atoms with van der Waals surface area (Å²) >= 11 is 11.8. The number of amides is 1. The molecule has 1 heterocycles. The average molecular weight is 269 g/mol. The fraction of sp³-hybridized carbons (Fsp3) is 0.250. The van der Waals surface area contributed by atoms with Crippen molar-refractivity contribution < 1.29 is 4.79 Å². The van der Waals surface area contributed by atoms with Crippen LogP contribution in [0.5, 0.6) is 0 Å². The second-order valence-electron chi connectivity index (χ2n) is 3.89. The van der Waals surface area contributed by atoms with E-state index in [9.17, 15) is 4.79 Å². The van der Waals surface area contributed by atoms with Gasteiger partial charge in [-0.25, -0.2) is 0 Å². The molecule has 3 nitrogen and oxygen atoms in total. The molecule has 1 saturated heterocycles. The van der Waals surface area contributed by atoms with E-state index >= 15 is 0 Å². The Morgan fingerprint density at radius 3 is 2.76 bits per heavy atom. The largest absolute Gasteiger partial charge is 0.396 e. The number of halogens is 2. The van der Waals surface area contributed by atoms with Crippen molar-refractivity contribution in [2.75, 3.05) is 17.2 Å². The molecule has 1 aromatic rings. The lowest BCUT2D eigenvalue weighted by atomic mass is 10.1. The maximum absolute atomic E-state index is 11.8. The third kappa shape index (κ3) is 2.19. The number of benzene rings is 1. The van der Waals surface area contributed by atoms with Crippen LogP contribution in [0.1, 0.15) is 6.42 Å². The molecular weight excluding hydrogens is 259 g/mol. The van der Waals surface area contributed by atoms with Crippen molar-refractivity contribution in [2.45, 2.75) is 6.42 Å². The summed E-state index contributed by atoms with van der Waals surface area (Å²) in [6, 6.07) is 3.17. The summed E-state index contributed by atoms with van der Waals surface area (Å²) in [5.41, 5.74) is 6.73. The Bertz CT molecular complexity index is 522. The first-order chi connectivity index (χ1) is 8.02. The molecule has 1 fully saturated rings. The van der Waals surface area contributed by atoms with Gasteiger partial charge in [0.25, 0.3) is 0 Å². The first-order valence-electron chi connectivity index (χ1n) is 5.04. The molecule has 88 valence electrons. The third-order valence-corrected chi connectivity index (χ3v) is 3.25. The molecule has 2 N–H and O–H groups in total. The summed E-state index contributed by atoms with van der Waals surface area (Å²) in [4.78, 5) is 13.3. The molecule has 0 saturated carbocycles. The number of carbonyl (C=O) groups is 1. The summed E-state index contributed by atoms with van der Waals surface area (Å²) in [7, 11) is 0. The highest BCUT2D eigenvalue weighted by molar-refractivity contribution is 6.37. The van der Waals surface area contributed by atoms with E-state index in [0.717, 1.165) is 0 Å². The Morgan fingerprint density at radius 1 is 1.47 bits per heavy atom. The molecule has 0 spiro atoms. The van der Waals surface area contributed by atoms with Gasteiger partial charge in [-0.1, -0.05) is 23.2 Å². The van der Waals surface area contributed by atoms with E-state index in [1.807, 2.05) is 0 Å². The number of anilines is 2. The number of nitrogen functional groups attached to an aromatic ring is 1. The van der Waals surface area contributed by atoms with Gasteiger partial charge >= 0.3 is 0 Å². The third-order valence-electron chi connectivity index (χ3n) is 2.72. The minimum Gasteiger partial charge on any atom is -0.396 e. The first kappa shape index (κ1) is 12.1. The number of terminal acetylenes is 1. The molecule has 2 rings (SSSR count). The summed E-state index contributed by atoms with van der Waals surface area (Å²) in [5, 5.41) is 0.778. The van der Waals surface area contributed by atoms with Gasteiger partial charge in [0.05, 0.1) is 16.4 Å². The quantitative estimate of drug-likeness (QED) is 0.629. The van der Waals surface area contributed by atoms with Crippen LogP contribution < -0.4 is 10.6 Å². The Morgan fingerprint density at radius 2 is 2.18 bits per heavy atom. The van der Waals surface area contributed by atoms with Crippen LogP contribution >= 0.6 is 23.2 Å². The van der Waals surface area contributed by atoms with Crippen LogP contribution in [-0.2, 0) is 4.79 Å². The highest BCUT2D eigenvalue weighted by atomic mass is 35.5. The van der Waals surface area contributed by atoms with E-state index in [1.165, 1.54) is 4.90 Å². The topological polar surface area (TPSA) is 46.3 Å². The molecule has 1 unspecified atom stereocenters. The fourth-order valence-electron chi connectivity index (χ4n) is 1.85. The van der Waals surface area contributed by atoms with Crippen LogP contribution in [0.25, 0.3) is 0 Å². The number of hydrogen-bond donors (Lipinski definition) is 1. The lowest BCUT2D eigenvalue weighted by Gasteiger charge is -2.19. The van der Waals surface area contributed by atoms with Crippen molar-refractivity contribution >= 4 is 40.5 Å². The van der Waals surface area contributed by atoms with Crippen LogP contribution in [0.15, 0.2) is 12.1 Å². The molecule has 1 aliphatic rings. The van der Waals surface area contributed by atoms with Crippen LogP contribution in [0, 0.1) is 18.3 Å². The Kier molecular flexibility index (Phi) is 3.19. The maximum atomic E-state index is 11.8. The summed E-state index contributed by atoms with van der Waals surface area (Å²) in [6.07, 6.45) is 5.66. The zero-order valence-electron chi connectivity index (χ0n) is 8.91. The molecule has 1 atom stereocenters. The van der Waals surface area contributed by atoms with Crippen molar-refractivity contribution in [3.63, 3.8) is 0 Å². The lowest BCUT2D eigenvalue weighted by Crippen LogP contribution is -2.25. The van der Waals surface area contributed by atoms with Crippen LogP contribution in [0.2, 0.25) is 10.0 Å². The van der Waals surface area contributed by atoms with Gasteiger partial charge in [0, 0.05) is 23.9 Å². The van der Waals surface area contributed by atoms with E-state index in [4.69, 9.17) is 35.4 Å². The van der Waals surface area contributed by atoms with Crippen molar-refractivity contribution in [3.05, 3.63) is 22.2 Å². The van der Waals surface area contributed by atoms with Gasteiger partial charge < -0.3 is 10.6 Å².